The normalized spacial score (nSPS) is 28.6. The fourth-order valence-corrected chi connectivity index (χ4v) is 3.48. The molecule has 0 spiro atoms. The first-order chi connectivity index (χ1) is 12.6. The molecule has 1 aliphatic heterocycles. The Morgan fingerprint density at radius 1 is 1.12 bits per heavy atom. The summed E-state index contributed by atoms with van der Waals surface area (Å²) in [4.78, 5) is 0. The summed E-state index contributed by atoms with van der Waals surface area (Å²) in [5, 5.41) is 37.3. The van der Waals surface area contributed by atoms with Gasteiger partial charge >= 0.3 is 0 Å². The van der Waals surface area contributed by atoms with Crippen LogP contribution in [0.4, 0.5) is 0 Å². The van der Waals surface area contributed by atoms with Gasteiger partial charge in [-0.3, -0.25) is 0 Å². The number of ether oxygens (including phenoxy) is 2. The quantitative estimate of drug-likeness (QED) is 0.721. The van der Waals surface area contributed by atoms with Crippen LogP contribution in [-0.2, 0) is 24.2 Å². The lowest BCUT2D eigenvalue weighted by atomic mass is 9.92. The van der Waals surface area contributed by atoms with Crippen molar-refractivity contribution in [1.29, 1.82) is 0 Å². The summed E-state index contributed by atoms with van der Waals surface area (Å²) in [6.45, 7) is 0.163. The molecule has 8 nitrogen and oxygen atoms in total. The summed E-state index contributed by atoms with van der Waals surface area (Å²) < 4.78 is 12.5. The monoisotopic (exact) mass is 361 g/mol. The van der Waals surface area contributed by atoms with Gasteiger partial charge in [0.15, 0.2) is 6.23 Å². The molecule has 4 rings (SSSR count). The molecule has 0 saturated carbocycles. The molecule has 140 valence electrons. The van der Waals surface area contributed by atoms with E-state index in [0.29, 0.717) is 5.69 Å². The van der Waals surface area contributed by atoms with Crippen molar-refractivity contribution in [2.75, 3.05) is 6.61 Å². The topological polar surface area (TPSA) is 110 Å². The molecule has 4 unspecified atom stereocenters. The number of hydrogen-bond acceptors (Lipinski definition) is 7. The summed E-state index contributed by atoms with van der Waals surface area (Å²) in [5.74, 6) is 0.799. The number of aliphatic hydroxyl groups excluding tert-OH is 3. The zero-order valence-corrected chi connectivity index (χ0v) is 14.4. The molecule has 2 heterocycles. The third kappa shape index (κ3) is 3.45. The zero-order valence-electron chi connectivity index (χ0n) is 14.4. The second-order valence-corrected chi connectivity index (χ2v) is 6.89. The Morgan fingerprint density at radius 2 is 1.92 bits per heavy atom. The van der Waals surface area contributed by atoms with Gasteiger partial charge in [0.1, 0.15) is 36.4 Å². The van der Waals surface area contributed by atoms with Crippen LogP contribution in [0.3, 0.4) is 0 Å². The van der Waals surface area contributed by atoms with Gasteiger partial charge in [0.25, 0.3) is 0 Å². The molecule has 2 aliphatic rings. The van der Waals surface area contributed by atoms with Crippen molar-refractivity contribution in [3.8, 4) is 5.75 Å². The van der Waals surface area contributed by atoms with Crippen LogP contribution in [0.2, 0.25) is 0 Å². The first-order valence-electron chi connectivity index (χ1n) is 8.93. The SMILES string of the molecule is OC1COC(n2cc(COc3ccc4c(c3)CCCC4)nn2)C(O)C1O. The lowest BCUT2D eigenvalue weighted by Gasteiger charge is -2.34. The molecule has 2 aromatic rings. The van der Waals surface area contributed by atoms with Crippen LogP contribution in [0.15, 0.2) is 24.4 Å². The van der Waals surface area contributed by atoms with Crippen LogP contribution >= 0.6 is 0 Å². The predicted molar refractivity (Wildman–Crippen MR) is 90.4 cm³/mol. The van der Waals surface area contributed by atoms with Crippen LogP contribution in [0.25, 0.3) is 0 Å². The smallest absolute Gasteiger partial charge is 0.180 e. The Morgan fingerprint density at radius 3 is 2.77 bits per heavy atom. The number of nitrogens with zero attached hydrogens (tertiary/aromatic N) is 3. The number of benzene rings is 1. The van der Waals surface area contributed by atoms with Crippen LogP contribution in [0.1, 0.15) is 35.9 Å². The maximum atomic E-state index is 10.0. The molecule has 3 N–H and O–H groups in total. The maximum absolute atomic E-state index is 10.0. The van der Waals surface area contributed by atoms with E-state index in [4.69, 9.17) is 9.47 Å². The number of aryl methyl sites for hydroxylation is 2. The van der Waals surface area contributed by atoms with Gasteiger partial charge in [0.05, 0.1) is 12.8 Å². The highest BCUT2D eigenvalue weighted by Crippen LogP contribution is 2.26. The molecule has 4 atom stereocenters. The maximum Gasteiger partial charge on any atom is 0.180 e. The van der Waals surface area contributed by atoms with Crippen LogP contribution in [0.5, 0.6) is 5.75 Å². The highest BCUT2D eigenvalue weighted by atomic mass is 16.5. The average Bonchev–Trinajstić information content (AvgIpc) is 3.13. The lowest BCUT2D eigenvalue weighted by Crippen LogP contribution is -2.50. The van der Waals surface area contributed by atoms with Gasteiger partial charge < -0.3 is 24.8 Å². The summed E-state index contributed by atoms with van der Waals surface area (Å²) in [6, 6.07) is 6.19. The number of aromatic nitrogens is 3. The molecular weight excluding hydrogens is 338 g/mol. The summed E-state index contributed by atoms with van der Waals surface area (Å²) in [6.07, 6.45) is 1.73. The van der Waals surface area contributed by atoms with Crippen molar-refractivity contribution in [2.24, 2.45) is 0 Å². The van der Waals surface area contributed by atoms with E-state index in [0.717, 1.165) is 18.6 Å². The highest BCUT2D eigenvalue weighted by Gasteiger charge is 2.39. The van der Waals surface area contributed by atoms with Crippen molar-refractivity contribution < 1.29 is 24.8 Å². The van der Waals surface area contributed by atoms with Gasteiger partial charge in [0.2, 0.25) is 0 Å². The molecule has 1 fully saturated rings. The van der Waals surface area contributed by atoms with Gasteiger partial charge in [-0.15, -0.1) is 5.10 Å². The van der Waals surface area contributed by atoms with E-state index in [1.54, 1.807) is 6.20 Å². The van der Waals surface area contributed by atoms with Crippen molar-refractivity contribution in [1.82, 2.24) is 15.0 Å². The van der Waals surface area contributed by atoms with E-state index in [-0.39, 0.29) is 13.2 Å². The first kappa shape index (κ1) is 17.4. The van der Waals surface area contributed by atoms with Crippen LogP contribution < -0.4 is 4.74 Å². The first-order valence-corrected chi connectivity index (χ1v) is 8.93. The summed E-state index contributed by atoms with van der Waals surface area (Å²) in [5.41, 5.74) is 3.33. The Balaban J connectivity index is 1.39. The minimum absolute atomic E-state index is 0.0797. The molecular formula is C18H23N3O5. The van der Waals surface area contributed by atoms with E-state index in [9.17, 15) is 15.3 Å². The highest BCUT2D eigenvalue weighted by molar-refractivity contribution is 5.37. The van der Waals surface area contributed by atoms with E-state index in [1.165, 1.54) is 28.7 Å². The molecule has 1 aliphatic carbocycles. The molecule has 1 saturated heterocycles. The summed E-state index contributed by atoms with van der Waals surface area (Å²) in [7, 11) is 0. The molecule has 8 heteroatoms. The Kier molecular flexibility index (Phi) is 4.90. The minimum atomic E-state index is -1.28. The minimum Gasteiger partial charge on any atom is -0.487 e. The van der Waals surface area contributed by atoms with Gasteiger partial charge in [-0.25, -0.2) is 4.68 Å². The Hall–Kier alpha value is -2.00. The molecule has 0 bridgehead atoms. The Labute approximate surface area is 151 Å². The molecule has 0 amide bonds. The number of fused-ring (bicyclic) bond motifs is 1. The number of rotatable bonds is 4. The zero-order chi connectivity index (χ0) is 18.1. The van der Waals surface area contributed by atoms with Gasteiger partial charge in [0, 0.05) is 0 Å². The fraction of sp³-hybridized carbons (Fsp3) is 0.556. The largest absolute Gasteiger partial charge is 0.487 e. The summed E-state index contributed by atoms with van der Waals surface area (Å²) >= 11 is 0. The van der Waals surface area contributed by atoms with E-state index < -0.39 is 24.5 Å². The third-order valence-electron chi connectivity index (χ3n) is 5.00. The third-order valence-corrected chi connectivity index (χ3v) is 5.00. The molecule has 1 aromatic carbocycles. The predicted octanol–water partition coefficient (Wildman–Crippen LogP) is 0.347. The van der Waals surface area contributed by atoms with E-state index >= 15 is 0 Å². The van der Waals surface area contributed by atoms with Gasteiger partial charge in [-0.05, 0) is 48.9 Å². The second-order valence-electron chi connectivity index (χ2n) is 6.89. The van der Waals surface area contributed by atoms with E-state index in [2.05, 4.69) is 22.4 Å². The molecule has 1 aromatic heterocycles. The fourth-order valence-electron chi connectivity index (χ4n) is 3.48. The van der Waals surface area contributed by atoms with E-state index in [1.807, 2.05) is 6.07 Å². The average molecular weight is 361 g/mol. The lowest BCUT2D eigenvalue weighted by molar-refractivity contribution is -0.214. The molecule has 26 heavy (non-hydrogen) atoms. The Bertz CT molecular complexity index is 765. The number of aliphatic hydroxyl groups is 3. The van der Waals surface area contributed by atoms with Crippen molar-refractivity contribution in [2.45, 2.75) is 56.8 Å². The second kappa shape index (κ2) is 7.32. The van der Waals surface area contributed by atoms with Crippen LogP contribution in [0, 0.1) is 0 Å². The van der Waals surface area contributed by atoms with Gasteiger partial charge in [-0.2, -0.15) is 0 Å². The number of hydrogen-bond donors (Lipinski definition) is 3. The standard InChI is InChI=1S/C18H23N3O5/c22-15-10-26-18(17(24)16(15)23)21-8-13(19-20-21)9-25-14-6-5-11-3-1-2-4-12(11)7-14/h5-8,15-18,22-24H,1-4,9-10H2. The van der Waals surface area contributed by atoms with Gasteiger partial charge in [-0.1, -0.05) is 11.3 Å². The van der Waals surface area contributed by atoms with Crippen molar-refractivity contribution in [3.63, 3.8) is 0 Å². The van der Waals surface area contributed by atoms with Crippen LogP contribution in [-0.4, -0.2) is 55.2 Å². The van der Waals surface area contributed by atoms with Crippen molar-refractivity contribution in [3.05, 3.63) is 41.2 Å². The molecule has 0 radical (unpaired) electrons. The van der Waals surface area contributed by atoms with Crippen molar-refractivity contribution >= 4 is 0 Å².